The Labute approximate surface area is 153 Å². The molecular formula is C13H11ClF3N5O3S. The Hall–Kier alpha value is -2.34. The maximum atomic E-state index is 12.7. The number of carbonyl (C=O) groups is 1. The molecule has 2 aromatic rings. The average Bonchev–Trinajstić information content (AvgIpc) is 2.90. The molecule has 0 aliphatic rings. The lowest BCUT2D eigenvalue weighted by Gasteiger charge is -2.13. The number of anilines is 1. The molecular weight excluding hydrogens is 399 g/mol. The number of hydrogen-bond donors (Lipinski definition) is 1. The van der Waals surface area contributed by atoms with Gasteiger partial charge < -0.3 is 9.88 Å². The van der Waals surface area contributed by atoms with E-state index in [1.165, 1.54) is 13.0 Å². The van der Waals surface area contributed by atoms with E-state index < -0.39 is 28.1 Å². The van der Waals surface area contributed by atoms with Crippen molar-refractivity contribution in [2.45, 2.75) is 23.5 Å². The Balaban J connectivity index is 2.09. The fourth-order valence-corrected chi connectivity index (χ4v) is 2.87. The molecule has 0 unspecified atom stereocenters. The van der Waals surface area contributed by atoms with E-state index >= 15 is 0 Å². The normalized spacial score (nSPS) is 12.7. The quantitative estimate of drug-likeness (QED) is 0.460. The van der Waals surface area contributed by atoms with Gasteiger partial charge in [0.05, 0.1) is 20.9 Å². The van der Waals surface area contributed by atoms with Crippen LogP contribution in [0.3, 0.4) is 0 Å². The van der Waals surface area contributed by atoms with Gasteiger partial charge in [-0.25, -0.2) is 0 Å². The van der Waals surface area contributed by atoms with Gasteiger partial charge in [-0.3, -0.25) is 14.9 Å². The summed E-state index contributed by atoms with van der Waals surface area (Å²) in [5.41, 5.74) is -0.0992. The summed E-state index contributed by atoms with van der Waals surface area (Å²) in [4.78, 5) is 22.2. The van der Waals surface area contributed by atoms with Crippen molar-refractivity contribution in [3.05, 3.63) is 39.2 Å². The first-order valence-electron chi connectivity index (χ1n) is 6.88. The summed E-state index contributed by atoms with van der Waals surface area (Å²) in [5.74, 6) is -1.74. The topological polar surface area (TPSA) is 103 Å². The Morgan fingerprint density at radius 1 is 1.42 bits per heavy atom. The molecule has 0 saturated carbocycles. The van der Waals surface area contributed by atoms with Crippen LogP contribution in [0.4, 0.5) is 24.5 Å². The number of hydrogen-bond acceptors (Lipinski definition) is 6. The minimum absolute atomic E-state index is 0.0391. The van der Waals surface area contributed by atoms with Gasteiger partial charge in [-0.1, -0.05) is 23.4 Å². The first-order chi connectivity index (χ1) is 12.0. The summed E-state index contributed by atoms with van der Waals surface area (Å²) < 4.78 is 38.9. The first-order valence-corrected chi connectivity index (χ1v) is 8.14. The van der Waals surface area contributed by atoms with Gasteiger partial charge in [0.1, 0.15) is 0 Å². The number of nitro groups is 1. The smallest absolute Gasteiger partial charge is 0.324 e. The van der Waals surface area contributed by atoms with Crippen molar-refractivity contribution < 1.29 is 22.9 Å². The van der Waals surface area contributed by atoms with Gasteiger partial charge in [-0.05, 0) is 13.0 Å². The third-order valence-electron chi connectivity index (χ3n) is 3.16. The van der Waals surface area contributed by atoms with Crippen molar-refractivity contribution in [3.63, 3.8) is 0 Å². The summed E-state index contributed by atoms with van der Waals surface area (Å²) >= 11 is 6.66. The monoisotopic (exact) mass is 409 g/mol. The summed E-state index contributed by atoms with van der Waals surface area (Å²) in [6.45, 7) is 1.46. The molecule has 140 valence electrons. The lowest BCUT2D eigenvalue weighted by molar-refractivity contribution is -0.384. The van der Waals surface area contributed by atoms with Crippen LogP contribution in [-0.2, 0) is 18.0 Å². The van der Waals surface area contributed by atoms with Gasteiger partial charge in [0, 0.05) is 19.2 Å². The van der Waals surface area contributed by atoms with Crippen LogP contribution >= 0.6 is 23.4 Å². The van der Waals surface area contributed by atoms with E-state index in [4.69, 9.17) is 11.6 Å². The average molecular weight is 410 g/mol. The number of benzene rings is 1. The second kappa shape index (κ2) is 7.50. The van der Waals surface area contributed by atoms with Gasteiger partial charge in [-0.15, -0.1) is 10.2 Å². The summed E-state index contributed by atoms with van der Waals surface area (Å²) in [7, 11) is 1.14. The van der Waals surface area contributed by atoms with Crippen LogP contribution in [-0.4, -0.2) is 30.8 Å². The van der Waals surface area contributed by atoms with Gasteiger partial charge >= 0.3 is 6.18 Å². The molecule has 0 saturated heterocycles. The Kier molecular flexibility index (Phi) is 5.76. The number of nitrogens with zero attached hydrogens (tertiary/aromatic N) is 4. The fourth-order valence-electron chi connectivity index (χ4n) is 1.83. The van der Waals surface area contributed by atoms with E-state index in [2.05, 4.69) is 15.5 Å². The van der Waals surface area contributed by atoms with Crippen molar-refractivity contribution in [2.75, 3.05) is 5.32 Å². The van der Waals surface area contributed by atoms with E-state index in [0.29, 0.717) is 0 Å². The van der Waals surface area contributed by atoms with Crippen LogP contribution in [0.15, 0.2) is 23.4 Å². The molecule has 0 fully saturated rings. The number of rotatable bonds is 5. The predicted octanol–water partition coefficient (Wildman–Crippen LogP) is 3.51. The molecule has 1 aromatic carbocycles. The summed E-state index contributed by atoms with van der Waals surface area (Å²) in [6, 6.07) is 3.50. The van der Waals surface area contributed by atoms with Crippen LogP contribution in [0.5, 0.6) is 0 Å². The zero-order valence-corrected chi connectivity index (χ0v) is 14.8. The van der Waals surface area contributed by atoms with Crippen LogP contribution in [0.2, 0.25) is 5.02 Å². The molecule has 1 amide bonds. The van der Waals surface area contributed by atoms with E-state index in [-0.39, 0.29) is 21.6 Å². The number of alkyl halides is 3. The van der Waals surface area contributed by atoms with Crippen molar-refractivity contribution in [3.8, 4) is 0 Å². The van der Waals surface area contributed by atoms with Crippen molar-refractivity contribution >= 4 is 40.6 Å². The Morgan fingerprint density at radius 2 is 2.08 bits per heavy atom. The number of aromatic nitrogens is 3. The molecule has 13 heteroatoms. The second-order valence-corrected chi connectivity index (χ2v) is 6.75. The first kappa shape index (κ1) is 20.0. The molecule has 0 aliphatic heterocycles. The number of amides is 1. The number of halogens is 4. The Bertz CT molecular complexity index is 858. The molecule has 0 spiro atoms. The van der Waals surface area contributed by atoms with E-state index in [9.17, 15) is 28.1 Å². The number of thioether (sulfide) groups is 1. The molecule has 2 rings (SSSR count). The lowest BCUT2D eigenvalue weighted by Crippen LogP contribution is -2.23. The van der Waals surface area contributed by atoms with Crippen molar-refractivity contribution in [2.24, 2.45) is 7.05 Å². The largest absolute Gasteiger partial charge is 0.451 e. The highest BCUT2D eigenvalue weighted by molar-refractivity contribution is 8.00. The summed E-state index contributed by atoms with van der Waals surface area (Å²) in [6.07, 6.45) is -4.65. The van der Waals surface area contributed by atoms with Gasteiger partial charge in [0.25, 0.3) is 5.69 Å². The van der Waals surface area contributed by atoms with Gasteiger partial charge in [0.2, 0.25) is 11.7 Å². The minimum Gasteiger partial charge on any atom is -0.324 e. The number of nitro benzene ring substituents is 1. The Morgan fingerprint density at radius 3 is 2.58 bits per heavy atom. The van der Waals surface area contributed by atoms with Crippen LogP contribution in [0.25, 0.3) is 0 Å². The molecule has 0 radical (unpaired) electrons. The molecule has 0 aliphatic carbocycles. The van der Waals surface area contributed by atoms with Gasteiger partial charge in [0.15, 0.2) is 5.16 Å². The number of carbonyl (C=O) groups excluding carboxylic acids is 1. The zero-order valence-electron chi connectivity index (χ0n) is 13.2. The highest BCUT2D eigenvalue weighted by Gasteiger charge is 2.38. The molecule has 1 aromatic heterocycles. The zero-order chi connectivity index (χ0) is 19.6. The fraction of sp³-hybridized carbons (Fsp3) is 0.308. The SMILES string of the molecule is C[C@H](Sc1nnc(C(F)(F)F)n1C)C(=O)Nc1ccc([N+](=O)[O-])cc1Cl. The van der Waals surface area contributed by atoms with Crippen LogP contribution < -0.4 is 5.32 Å². The standard InChI is InChI=1S/C13H11ClF3N5O3S/c1-6(26-12-20-19-11(21(12)2)13(15,16)17)10(23)18-9-4-3-7(22(24)25)5-8(9)14/h3-6H,1-2H3,(H,18,23)/t6-/m0/s1. The third kappa shape index (κ3) is 4.43. The molecule has 1 heterocycles. The molecule has 26 heavy (non-hydrogen) atoms. The molecule has 1 N–H and O–H groups in total. The maximum Gasteiger partial charge on any atom is 0.451 e. The second-order valence-electron chi connectivity index (χ2n) is 5.03. The van der Waals surface area contributed by atoms with E-state index in [1.807, 2.05) is 0 Å². The highest BCUT2D eigenvalue weighted by atomic mass is 35.5. The maximum absolute atomic E-state index is 12.7. The highest BCUT2D eigenvalue weighted by Crippen LogP contribution is 2.31. The number of non-ortho nitro benzene ring substituents is 1. The van der Waals surface area contributed by atoms with Crippen LogP contribution in [0.1, 0.15) is 12.7 Å². The lowest BCUT2D eigenvalue weighted by atomic mass is 10.2. The third-order valence-corrected chi connectivity index (χ3v) is 4.61. The molecule has 0 bridgehead atoms. The minimum atomic E-state index is -4.65. The van der Waals surface area contributed by atoms with Gasteiger partial charge in [-0.2, -0.15) is 13.2 Å². The molecule has 8 nitrogen and oxygen atoms in total. The van der Waals surface area contributed by atoms with Crippen LogP contribution in [0, 0.1) is 10.1 Å². The van der Waals surface area contributed by atoms with E-state index in [0.717, 1.165) is 35.5 Å². The van der Waals surface area contributed by atoms with Crippen molar-refractivity contribution in [1.29, 1.82) is 0 Å². The van der Waals surface area contributed by atoms with E-state index in [1.54, 1.807) is 0 Å². The predicted molar refractivity (Wildman–Crippen MR) is 88.1 cm³/mol. The number of nitrogens with one attached hydrogen (secondary N) is 1. The summed E-state index contributed by atoms with van der Waals surface area (Å²) in [5, 5.41) is 18.7. The molecule has 1 atom stereocenters. The van der Waals surface area contributed by atoms with Crippen molar-refractivity contribution in [1.82, 2.24) is 14.8 Å².